The van der Waals surface area contributed by atoms with Crippen LogP contribution < -0.4 is 4.74 Å². The number of hydrogen-bond donors (Lipinski definition) is 1. The maximum atomic E-state index is 10.0. The molecule has 2 aromatic rings. The zero-order chi connectivity index (χ0) is 11.5. The summed E-state index contributed by atoms with van der Waals surface area (Å²) in [6.45, 7) is 2.02. The Bertz CT molecular complexity index is 504. The van der Waals surface area contributed by atoms with Gasteiger partial charge in [-0.25, -0.2) is 0 Å². The van der Waals surface area contributed by atoms with Crippen LogP contribution in [0, 0.1) is 6.92 Å². The topological polar surface area (TPSA) is 29.5 Å². The van der Waals surface area contributed by atoms with E-state index in [4.69, 9.17) is 4.74 Å². The molecule has 0 fully saturated rings. The van der Waals surface area contributed by atoms with E-state index in [2.05, 4.69) is 0 Å². The average molecular weight is 214 g/mol. The van der Waals surface area contributed by atoms with Crippen LogP contribution in [0.4, 0.5) is 0 Å². The lowest BCUT2D eigenvalue weighted by Gasteiger charge is -2.10. The van der Waals surface area contributed by atoms with Crippen LogP contribution in [-0.2, 0) is 0 Å². The number of para-hydroxylation sites is 1. The summed E-state index contributed by atoms with van der Waals surface area (Å²) in [6.07, 6.45) is 0. The lowest BCUT2D eigenvalue weighted by Crippen LogP contribution is -1.87. The van der Waals surface area contributed by atoms with Gasteiger partial charge in [-0.05, 0) is 24.1 Å². The Labute approximate surface area is 95.1 Å². The second-order valence-corrected chi connectivity index (χ2v) is 3.67. The Hall–Kier alpha value is -1.96. The van der Waals surface area contributed by atoms with Crippen molar-refractivity contribution in [2.45, 2.75) is 6.92 Å². The molecule has 82 valence electrons. The molecule has 0 radical (unpaired) electrons. The van der Waals surface area contributed by atoms with E-state index in [9.17, 15) is 5.11 Å². The number of benzene rings is 2. The summed E-state index contributed by atoms with van der Waals surface area (Å²) in [5.41, 5.74) is 2.96. The fraction of sp³-hybridized carbons (Fsp3) is 0.143. The Morgan fingerprint density at radius 3 is 2.31 bits per heavy atom. The second-order valence-electron chi connectivity index (χ2n) is 3.67. The van der Waals surface area contributed by atoms with Crippen molar-refractivity contribution in [3.05, 3.63) is 48.0 Å². The molecular weight excluding hydrogens is 200 g/mol. The van der Waals surface area contributed by atoms with E-state index in [0.29, 0.717) is 5.75 Å². The van der Waals surface area contributed by atoms with Gasteiger partial charge in [0.15, 0.2) is 11.5 Å². The van der Waals surface area contributed by atoms with E-state index in [-0.39, 0.29) is 5.75 Å². The first-order valence-electron chi connectivity index (χ1n) is 5.16. The molecule has 0 aliphatic carbocycles. The van der Waals surface area contributed by atoms with Gasteiger partial charge in [0.25, 0.3) is 0 Å². The molecule has 0 bridgehead atoms. The molecule has 1 N–H and O–H groups in total. The number of rotatable bonds is 2. The normalized spacial score (nSPS) is 10.1. The van der Waals surface area contributed by atoms with E-state index in [1.165, 1.54) is 0 Å². The van der Waals surface area contributed by atoms with Crippen LogP contribution in [0.2, 0.25) is 0 Å². The van der Waals surface area contributed by atoms with Crippen molar-refractivity contribution in [2.24, 2.45) is 0 Å². The summed E-state index contributed by atoms with van der Waals surface area (Å²) in [7, 11) is 1.55. The third-order valence-corrected chi connectivity index (χ3v) is 2.65. The zero-order valence-electron chi connectivity index (χ0n) is 9.40. The minimum Gasteiger partial charge on any atom is -0.504 e. The summed E-state index contributed by atoms with van der Waals surface area (Å²) in [6, 6.07) is 13.5. The van der Waals surface area contributed by atoms with E-state index < -0.39 is 0 Å². The molecule has 0 spiro atoms. The fourth-order valence-corrected chi connectivity index (χ4v) is 1.78. The van der Waals surface area contributed by atoms with Gasteiger partial charge in [-0.15, -0.1) is 0 Å². The molecule has 16 heavy (non-hydrogen) atoms. The van der Waals surface area contributed by atoms with E-state index in [1.54, 1.807) is 13.2 Å². The number of methoxy groups -OCH3 is 1. The highest BCUT2D eigenvalue weighted by Gasteiger charge is 2.10. The van der Waals surface area contributed by atoms with Gasteiger partial charge in [0, 0.05) is 5.56 Å². The van der Waals surface area contributed by atoms with Crippen LogP contribution in [0.3, 0.4) is 0 Å². The Morgan fingerprint density at radius 2 is 1.62 bits per heavy atom. The van der Waals surface area contributed by atoms with Crippen molar-refractivity contribution in [2.75, 3.05) is 7.11 Å². The van der Waals surface area contributed by atoms with Gasteiger partial charge in [-0.1, -0.05) is 36.4 Å². The maximum absolute atomic E-state index is 10.0. The molecule has 0 aliphatic heterocycles. The van der Waals surface area contributed by atoms with Crippen LogP contribution in [0.25, 0.3) is 11.1 Å². The second kappa shape index (κ2) is 4.27. The van der Waals surface area contributed by atoms with Crippen LogP contribution in [0.1, 0.15) is 5.56 Å². The Morgan fingerprint density at radius 1 is 0.938 bits per heavy atom. The molecule has 2 heteroatoms. The van der Waals surface area contributed by atoms with Crippen molar-refractivity contribution >= 4 is 0 Å². The molecule has 0 aliphatic rings. The molecule has 2 nitrogen and oxygen atoms in total. The number of phenolic OH excluding ortho intramolecular Hbond substituents is 1. The molecule has 0 saturated carbocycles. The largest absolute Gasteiger partial charge is 0.504 e. The highest BCUT2D eigenvalue weighted by Crippen LogP contribution is 2.37. The Kier molecular flexibility index (Phi) is 2.82. The van der Waals surface area contributed by atoms with Crippen LogP contribution in [0.5, 0.6) is 11.5 Å². The van der Waals surface area contributed by atoms with Gasteiger partial charge in [-0.3, -0.25) is 0 Å². The molecule has 0 heterocycles. The number of aromatic hydroxyl groups is 1. The van der Waals surface area contributed by atoms with E-state index >= 15 is 0 Å². The number of ether oxygens (including phenoxy) is 1. The summed E-state index contributed by atoms with van der Waals surface area (Å²) >= 11 is 0. The van der Waals surface area contributed by atoms with Crippen molar-refractivity contribution < 1.29 is 9.84 Å². The van der Waals surface area contributed by atoms with Crippen LogP contribution >= 0.6 is 0 Å². The van der Waals surface area contributed by atoms with E-state index in [0.717, 1.165) is 16.7 Å². The van der Waals surface area contributed by atoms with Crippen LogP contribution in [0.15, 0.2) is 42.5 Å². The molecule has 2 aromatic carbocycles. The smallest absolute Gasteiger partial charge is 0.165 e. The minimum absolute atomic E-state index is 0.194. The van der Waals surface area contributed by atoms with Gasteiger partial charge in [0.2, 0.25) is 0 Å². The Balaban J connectivity index is 2.61. The predicted octanol–water partition coefficient (Wildman–Crippen LogP) is 3.38. The molecule has 0 unspecified atom stereocenters. The molecular formula is C14H14O2. The van der Waals surface area contributed by atoms with Crippen molar-refractivity contribution in [3.8, 4) is 22.6 Å². The van der Waals surface area contributed by atoms with Crippen molar-refractivity contribution in [1.29, 1.82) is 0 Å². The predicted molar refractivity (Wildman–Crippen MR) is 64.8 cm³/mol. The zero-order valence-corrected chi connectivity index (χ0v) is 9.40. The quantitative estimate of drug-likeness (QED) is 0.830. The first-order chi connectivity index (χ1) is 7.74. The molecule has 0 saturated heterocycles. The number of phenols is 1. The highest BCUT2D eigenvalue weighted by molar-refractivity contribution is 5.75. The van der Waals surface area contributed by atoms with Crippen molar-refractivity contribution in [3.63, 3.8) is 0 Å². The molecule has 2 rings (SSSR count). The standard InChI is InChI=1S/C14H14O2/c1-10-6-3-4-7-11(10)12-8-5-9-13(16-2)14(12)15/h3-9,15H,1-2H3. The third kappa shape index (κ3) is 1.74. The number of hydrogen-bond acceptors (Lipinski definition) is 2. The van der Waals surface area contributed by atoms with Gasteiger partial charge in [0.05, 0.1) is 7.11 Å². The van der Waals surface area contributed by atoms with E-state index in [1.807, 2.05) is 43.3 Å². The van der Waals surface area contributed by atoms with Gasteiger partial charge in [-0.2, -0.15) is 0 Å². The monoisotopic (exact) mass is 214 g/mol. The lowest BCUT2D eigenvalue weighted by atomic mass is 9.99. The molecule has 0 aromatic heterocycles. The summed E-state index contributed by atoms with van der Waals surface area (Å²) < 4.78 is 5.10. The maximum Gasteiger partial charge on any atom is 0.165 e. The number of aryl methyl sites for hydroxylation is 1. The summed E-state index contributed by atoms with van der Waals surface area (Å²) in [4.78, 5) is 0. The third-order valence-electron chi connectivity index (χ3n) is 2.65. The summed E-state index contributed by atoms with van der Waals surface area (Å²) in [5, 5.41) is 10.0. The first-order valence-corrected chi connectivity index (χ1v) is 5.16. The van der Waals surface area contributed by atoms with Crippen LogP contribution in [-0.4, -0.2) is 12.2 Å². The molecule has 0 amide bonds. The van der Waals surface area contributed by atoms with Gasteiger partial charge >= 0.3 is 0 Å². The minimum atomic E-state index is 0.194. The fourth-order valence-electron chi connectivity index (χ4n) is 1.78. The molecule has 0 atom stereocenters. The summed E-state index contributed by atoms with van der Waals surface area (Å²) in [5.74, 6) is 0.694. The lowest BCUT2D eigenvalue weighted by molar-refractivity contribution is 0.374. The van der Waals surface area contributed by atoms with Crippen molar-refractivity contribution in [1.82, 2.24) is 0 Å². The van der Waals surface area contributed by atoms with Gasteiger partial charge in [0.1, 0.15) is 0 Å². The SMILES string of the molecule is COc1cccc(-c2ccccc2C)c1O. The van der Waals surface area contributed by atoms with Gasteiger partial charge < -0.3 is 9.84 Å². The average Bonchev–Trinajstić information content (AvgIpc) is 2.31. The highest BCUT2D eigenvalue weighted by atomic mass is 16.5. The first kappa shape index (κ1) is 10.6.